The average Bonchev–Trinajstić information content (AvgIpc) is 3.08. The fraction of sp³-hybridized carbons (Fsp3) is 0.476. The number of hydrogen-bond acceptors (Lipinski definition) is 4. The predicted molar refractivity (Wildman–Crippen MR) is 108 cm³/mol. The van der Waals surface area contributed by atoms with Crippen molar-refractivity contribution in [2.45, 2.75) is 52.5 Å². The number of carbonyl (C=O) groups is 2. The Morgan fingerprint density at radius 2 is 1.96 bits per heavy atom. The van der Waals surface area contributed by atoms with Crippen LogP contribution in [0.1, 0.15) is 56.8 Å². The average molecular weight is 387 g/mol. The van der Waals surface area contributed by atoms with Crippen LogP contribution in [0, 0.1) is 11.8 Å². The van der Waals surface area contributed by atoms with Crippen LogP contribution in [0.3, 0.4) is 0 Å². The van der Waals surface area contributed by atoms with E-state index in [4.69, 9.17) is 0 Å². The first-order chi connectivity index (χ1) is 12.9. The maximum Gasteiger partial charge on any atom is 0.338 e. The van der Waals surface area contributed by atoms with Gasteiger partial charge >= 0.3 is 5.97 Å². The van der Waals surface area contributed by atoms with Crippen molar-refractivity contribution in [2.24, 2.45) is 11.8 Å². The van der Waals surface area contributed by atoms with E-state index >= 15 is 0 Å². The van der Waals surface area contributed by atoms with Gasteiger partial charge in [0.15, 0.2) is 0 Å². The van der Waals surface area contributed by atoms with Gasteiger partial charge in [-0.05, 0) is 57.6 Å². The lowest BCUT2D eigenvalue weighted by Crippen LogP contribution is -2.42. The Kier molecular flexibility index (Phi) is 5.95. The highest BCUT2D eigenvalue weighted by Crippen LogP contribution is 2.40. The summed E-state index contributed by atoms with van der Waals surface area (Å²) >= 11 is 1.35. The Bertz CT molecular complexity index is 808. The number of anilines is 1. The quantitative estimate of drug-likeness (QED) is 0.778. The molecule has 0 saturated heterocycles. The van der Waals surface area contributed by atoms with E-state index in [1.807, 2.05) is 26.0 Å². The molecule has 1 aliphatic carbocycles. The number of pyridine rings is 1. The third kappa shape index (κ3) is 4.21. The zero-order chi connectivity index (χ0) is 19.6. The Hall–Kier alpha value is -2.21. The summed E-state index contributed by atoms with van der Waals surface area (Å²) in [5, 5.41) is 10.3. The first-order valence-corrected chi connectivity index (χ1v) is 10.3. The van der Waals surface area contributed by atoms with Gasteiger partial charge in [0, 0.05) is 34.8 Å². The molecule has 0 unspecified atom stereocenters. The Morgan fingerprint density at radius 3 is 2.52 bits per heavy atom. The van der Waals surface area contributed by atoms with Crippen LogP contribution in [0.25, 0.3) is 10.4 Å². The van der Waals surface area contributed by atoms with E-state index in [1.165, 1.54) is 11.3 Å². The summed E-state index contributed by atoms with van der Waals surface area (Å²) in [7, 11) is 0. The zero-order valence-electron chi connectivity index (χ0n) is 16.0. The fourth-order valence-corrected chi connectivity index (χ4v) is 4.94. The van der Waals surface area contributed by atoms with Crippen molar-refractivity contribution < 1.29 is 14.7 Å². The van der Waals surface area contributed by atoms with Gasteiger partial charge in [0.05, 0.1) is 5.56 Å². The first kappa shape index (κ1) is 19.5. The Morgan fingerprint density at radius 1 is 1.26 bits per heavy atom. The van der Waals surface area contributed by atoms with Crippen LogP contribution >= 0.6 is 11.3 Å². The molecule has 0 aromatic carbocycles. The number of aromatic nitrogens is 1. The van der Waals surface area contributed by atoms with E-state index in [-0.39, 0.29) is 23.4 Å². The third-order valence-electron chi connectivity index (χ3n) is 5.23. The van der Waals surface area contributed by atoms with E-state index < -0.39 is 5.97 Å². The van der Waals surface area contributed by atoms with E-state index in [1.54, 1.807) is 23.4 Å². The molecule has 1 aliphatic rings. The number of thiophene rings is 1. The lowest BCUT2D eigenvalue weighted by Gasteiger charge is -2.33. The molecule has 2 aromatic heterocycles. The van der Waals surface area contributed by atoms with Crippen molar-refractivity contribution in [1.29, 1.82) is 0 Å². The summed E-state index contributed by atoms with van der Waals surface area (Å²) in [4.78, 5) is 31.8. The molecule has 144 valence electrons. The summed E-state index contributed by atoms with van der Waals surface area (Å²) < 4.78 is 0. The molecule has 3 rings (SSSR count). The standard InChI is InChI=1S/C21H26N2O3S/c1-13(2)23(19(24)15-8-6-14(3)7-9-15)20-17(21(25)26)11-18(27-20)16-5-4-10-22-12-16/h4-5,10-15H,6-9H2,1-3H3,(H,25,26). The van der Waals surface area contributed by atoms with Crippen LogP contribution in [-0.4, -0.2) is 28.0 Å². The molecule has 6 heteroatoms. The molecule has 0 atom stereocenters. The van der Waals surface area contributed by atoms with Crippen molar-refractivity contribution in [3.63, 3.8) is 0 Å². The number of amides is 1. The van der Waals surface area contributed by atoms with Gasteiger partial charge in [0.25, 0.3) is 0 Å². The summed E-state index contributed by atoms with van der Waals surface area (Å²) in [5.41, 5.74) is 1.05. The normalized spacial score (nSPS) is 19.9. The third-order valence-corrected chi connectivity index (χ3v) is 6.41. The lowest BCUT2D eigenvalue weighted by atomic mass is 9.82. The lowest BCUT2D eigenvalue weighted by molar-refractivity contribution is -0.123. The topological polar surface area (TPSA) is 70.5 Å². The molecule has 2 heterocycles. The maximum atomic E-state index is 13.3. The second-order valence-electron chi connectivity index (χ2n) is 7.64. The molecule has 0 radical (unpaired) electrons. The molecule has 5 nitrogen and oxygen atoms in total. The second-order valence-corrected chi connectivity index (χ2v) is 8.67. The monoisotopic (exact) mass is 386 g/mol. The van der Waals surface area contributed by atoms with Gasteiger partial charge in [-0.25, -0.2) is 4.79 Å². The largest absolute Gasteiger partial charge is 0.478 e. The summed E-state index contributed by atoms with van der Waals surface area (Å²) in [5.74, 6) is -0.310. The van der Waals surface area contributed by atoms with Gasteiger partial charge in [0.1, 0.15) is 5.00 Å². The molecule has 2 aromatic rings. The number of hydrogen-bond donors (Lipinski definition) is 1. The molecular weight excluding hydrogens is 360 g/mol. The van der Waals surface area contributed by atoms with Gasteiger partial charge in [0.2, 0.25) is 5.91 Å². The van der Waals surface area contributed by atoms with E-state index in [2.05, 4.69) is 11.9 Å². The molecule has 1 amide bonds. The van der Waals surface area contributed by atoms with E-state index in [9.17, 15) is 14.7 Å². The van der Waals surface area contributed by atoms with Gasteiger partial charge in [-0.1, -0.05) is 13.0 Å². The second kappa shape index (κ2) is 8.21. The predicted octanol–water partition coefficient (Wildman–Crippen LogP) is 5.08. The fourth-order valence-electron chi connectivity index (χ4n) is 3.66. The Labute approximate surface area is 164 Å². The smallest absolute Gasteiger partial charge is 0.338 e. The van der Waals surface area contributed by atoms with Crippen molar-refractivity contribution in [3.05, 3.63) is 36.2 Å². The van der Waals surface area contributed by atoms with Crippen LogP contribution in [0.2, 0.25) is 0 Å². The first-order valence-electron chi connectivity index (χ1n) is 9.49. The van der Waals surface area contributed by atoms with Crippen LogP contribution in [0.5, 0.6) is 0 Å². The van der Waals surface area contributed by atoms with Gasteiger partial charge < -0.3 is 10.0 Å². The minimum absolute atomic E-state index is 0.0193. The van der Waals surface area contributed by atoms with Crippen molar-refractivity contribution in [1.82, 2.24) is 4.98 Å². The van der Waals surface area contributed by atoms with E-state index in [0.717, 1.165) is 36.1 Å². The van der Waals surface area contributed by atoms with Crippen molar-refractivity contribution in [2.75, 3.05) is 4.90 Å². The molecule has 0 spiro atoms. The molecule has 1 saturated carbocycles. The molecule has 0 aliphatic heterocycles. The van der Waals surface area contributed by atoms with E-state index in [0.29, 0.717) is 10.9 Å². The number of rotatable bonds is 5. The summed E-state index contributed by atoms with van der Waals surface area (Å²) in [6, 6.07) is 5.28. The van der Waals surface area contributed by atoms with Crippen LogP contribution < -0.4 is 4.90 Å². The summed E-state index contributed by atoms with van der Waals surface area (Å²) in [6.07, 6.45) is 7.27. The van der Waals surface area contributed by atoms with Crippen LogP contribution in [0.4, 0.5) is 5.00 Å². The molecule has 27 heavy (non-hydrogen) atoms. The summed E-state index contributed by atoms with van der Waals surface area (Å²) in [6.45, 7) is 6.11. The number of carbonyl (C=O) groups excluding carboxylic acids is 1. The molecular formula is C21H26N2O3S. The molecule has 0 bridgehead atoms. The number of carboxylic acid groups (broad SMARTS) is 1. The minimum Gasteiger partial charge on any atom is -0.478 e. The van der Waals surface area contributed by atoms with Crippen LogP contribution in [-0.2, 0) is 4.79 Å². The minimum atomic E-state index is -1.01. The highest BCUT2D eigenvalue weighted by atomic mass is 32.1. The number of aromatic carboxylic acids is 1. The van der Waals surface area contributed by atoms with Crippen molar-refractivity contribution in [3.8, 4) is 10.4 Å². The highest BCUT2D eigenvalue weighted by molar-refractivity contribution is 7.20. The number of nitrogens with zero attached hydrogens (tertiary/aromatic N) is 2. The van der Waals surface area contributed by atoms with Gasteiger partial charge in [-0.15, -0.1) is 11.3 Å². The maximum absolute atomic E-state index is 13.3. The molecule has 1 N–H and O–H groups in total. The zero-order valence-corrected chi connectivity index (χ0v) is 16.8. The number of carboxylic acids is 1. The van der Waals surface area contributed by atoms with Crippen molar-refractivity contribution >= 4 is 28.2 Å². The van der Waals surface area contributed by atoms with Gasteiger partial charge in [-0.2, -0.15) is 0 Å². The Balaban J connectivity index is 1.98. The molecule has 1 fully saturated rings. The SMILES string of the molecule is CC1CCC(C(=O)N(c2sc(-c3cccnc3)cc2C(=O)O)C(C)C)CC1. The van der Waals surface area contributed by atoms with Crippen LogP contribution in [0.15, 0.2) is 30.6 Å². The highest BCUT2D eigenvalue weighted by Gasteiger charge is 2.33. The van der Waals surface area contributed by atoms with Gasteiger partial charge in [-0.3, -0.25) is 9.78 Å².